The van der Waals surface area contributed by atoms with Crippen LogP contribution in [0.3, 0.4) is 0 Å². The summed E-state index contributed by atoms with van der Waals surface area (Å²) in [4.78, 5) is 53.0. The van der Waals surface area contributed by atoms with E-state index < -0.39 is 42.3 Å². The predicted molar refractivity (Wildman–Crippen MR) is 438 cm³/mol. The zero-order valence-electron chi connectivity index (χ0n) is 61.2. The molecule has 22 nitrogen and oxygen atoms in total. The molecular formula is C84H76BrN7O15S5. The summed E-state index contributed by atoms with van der Waals surface area (Å²) in [5, 5.41) is 35.7. The number of thiophene rings is 2. The SMILES string of the molecule is C/C(=N\OC(=O)C1CCCCC1)c1ccccc1.C/C(=N\OS(=O)(=O)c1ccc(C)cc1)c1ccccc1.CC(C)/C(=N\OS(=O)(=O)c1ccc(Br)cc1)c1ccccc1.N#C/C(=N\OS(=O)(=O)c1ccccc1)c1ccccc1.O=C(O/N=C(\C(=N/OC(=O)c1cccs1)c1ccccc1)c1ccccc1)c1cccs1. The van der Waals surface area contributed by atoms with Gasteiger partial charge in [-0.1, -0.05) is 310 Å². The second kappa shape index (κ2) is 44.0. The fourth-order valence-corrected chi connectivity index (χ4v) is 13.5. The molecule has 574 valence electrons. The van der Waals surface area contributed by atoms with Gasteiger partial charge in [-0.2, -0.15) is 30.5 Å². The Morgan fingerprint density at radius 3 is 1.17 bits per heavy atom. The van der Waals surface area contributed by atoms with Crippen molar-refractivity contribution in [1.29, 1.82) is 5.26 Å². The summed E-state index contributed by atoms with van der Waals surface area (Å²) >= 11 is 5.77. The molecule has 28 heteroatoms. The minimum absolute atomic E-state index is 0.0194. The summed E-state index contributed by atoms with van der Waals surface area (Å²) in [6.45, 7) is 9.29. The van der Waals surface area contributed by atoms with Gasteiger partial charge in [-0.25, -0.2) is 14.4 Å². The molecule has 12 rings (SSSR count). The van der Waals surface area contributed by atoms with Gasteiger partial charge in [0.1, 0.15) is 41.9 Å². The molecule has 0 saturated heterocycles. The Kier molecular flexibility index (Phi) is 33.7. The molecule has 1 aliphatic rings. The second-order valence-corrected chi connectivity index (χ2v) is 31.6. The lowest BCUT2D eigenvalue weighted by Gasteiger charge is -2.18. The summed E-state index contributed by atoms with van der Waals surface area (Å²) in [7, 11) is -11.8. The van der Waals surface area contributed by atoms with Gasteiger partial charge in [0, 0.05) is 21.2 Å². The van der Waals surface area contributed by atoms with Crippen LogP contribution in [-0.2, 0) is 62.5 Å². The van der Waals surface area contributed by atoms with Gasteiger partial charge >= 0.3 is 48.3 Å². The Labute approximate surface area is 667 Å². The maximum Gasteiger partial charge on any atom is 0.375 e. The number of hydrogen-bond acceptors (Lipinski definition) is 24. The van der Waals surface area contributed by atoms with Gasteiger partial charge in [-0.05, 0) is 128 Å². The van der Waals surface area contributed by atoms with Crippen molar-refractivity contribution in [1.82, 2.24) is 0 Å². The Hall–Kier alpha value is -12.0. The number of rotatable bonds is 23. The van der Waals surface area contributed by atoms with E-state index in [4.69, 9.17) is 28.3 Å². The highest BCUT2D eigenvalue weighted by molar-refractivity contribution is 9.10. The van der Waals surface area contributed by atoms with E-state index in [2.05, 4.69) is 51.1 Å². The van der Waals surface area contributed by atoms with E-state index in [0.717, 1.165) is 58.1 Å². The Morgan fingerprint density at radius 1 is 0.411 bits per heavy atom. The average molecular weight is 1660 g/mol. The topological polar surface area (TPSA) is 307 Å². The van der Waals surface area contributed by atoms with Gasteiger partial charge in [0.25, 0.3) is 0 Å². The fourth-order valence-electron chi connectivity index (χ4n) is 9.84. The van der Waals surface area contributed by atoms with Crippen molar-refractivity contribution in [3.8, 4) is 6.07 Å². The van der Waals surface area contributed by atoms with Crippen LogP contribution in [0.4, 0.5) is 0 Å². The molecule has 0 aliphatic heterocycles. The normalized spacial score (nSPS) is 12.9. The maximum atomic E-state index is 12.4. The highest BCUT2D eigenvalue weighted by Crippen LogP contribution is 2.26. The molecule has 0 radical (unpaired) electrons. The van der Waals surface area contributed by atoms with Crippen LogP contribution < -0.4 is 0 Å². The standard InChI is InChI=1S/C24H16N2O4S2.C16H16BrNO3S.C15H15NO3S.C15H19NO2.C14H10N2O3S/c27-23(19-13-7-15-31-19)29-25-21(17-9-3-1-4-10-17)22(18-11-5-2-6-12-18)26-30-24(28)20-14-8-16-32-20;1-12(2)16(13-6-4-3-5-7-13)18-21-22(19,20)15-10-8-14(17)9-11-15;1-12-8-10-15(11-9-12)20(17,18)19-16-13(2)14-6-4-3-5-7-14;1-12(13-8-4-2-5-9-13)16-18-15(17)14-10-6-3-7-11-14;15-11-14(12-7-3-1-4-8-12)16-19-20(17,18)13-9-5-2-6-10-13/h1-16H;3-12H,1-2H3;3-11H,1-2H3;2,4-5,8-9,14H,3,6-7,10-11H2,1H3;1-10H/b25-21-,26-22-;18-16+;16-13+;16-12+;16-14+. The molecule has 112 heavy (non-hydrogen) atoms. The van der Waals surface area contributed by atoms with Crippen molar-refractivity contribution < 1.29 is 67.0 Å². The van der Waals surface area contributed by atoms with Crippen molar-refractivity contribution >= 4 is 121 Å². The Balaban J connectivity index is 0.000000179. The zero-order chi connectivity index (χ0) is 80.1. The van der Waals surface area contributed by atoms with Crippen LogP contribution in [0, 0.1) is 30.1 Å². The molecule has 1 saturated carbocycles. The van der Waals surface area contributed by atoms with Crippen molar-refractivity contribution in [2.75, 3.05) is 0 Å². The number of nitrogens with zero attached hydrogens (tertiary/aromatic N) is 7. The fraction of sp³-hybridized carbons (Fsp3) is 0.143. The smallest absolute Gasteiger partial charge is 0.318 e. The van der Waals surface area contributed by atoms with Crippen molar-refractivity contribution in [2.45, 2.75) is 81.4 Å². The van der Waals surface area contributed by atoms with E-state index in [1.165, 1.54) is 65.5 Å². The molecule has 0 bridgehead atoms. The molecule has 1 fully saturated rings. The maximum absolute atomic E-state index is 12.4. The van der Waals surface area contributed by atoms with Crippen molar-refractivity contribution in [2.24, 2.45) is 42.8 Å². The van der Waals surface area contributed by atoms with Crippen molar-refractivity contribution in [3.05, 3.63) is 349 Å². The van der Waals surface area contributed by atoms with Gasteiger partial charge in [0.15, 0.2) is 5.71 Å². The van der Waals surface area contributed by atoms with Crippen LogP contribution in [0.15, 0.2) is 346 Å². The Bertz CT molecular complexity index is 5310. The first-order chi connectivity index (χ1) is 54.0. The lowest BCUT2D eigenvalue weighted by atomic mass is 9.89. The zero-order valence-corrected chi connectivity index (χ0v) is 66.8. The number of carbonyl (C=O) groups excluding carboxylic acids is 3. The summed E-state index contributed by atoms with van der Waals surface area (Å²) in [5.41, 5.74) is 7.59. The summed E-state index contributed by atoms with van der Waals surface area (Å²) in [5.74, 6) is -1.27. The van der Waals surface area contributed by atoms with Crippen LogP contribution in [-0.4, -0.2) is 77.4 Å². The number of aryl methyl sites for hydroxylation is 1. The number of halogens is 1. The van der Waals surface area contributed by atoms with Gasteiger partial charge in [0.2, 0.25) is 0 Å². The third-order valence-corrected chi connectivity index (χ3v) is 21.3. The number of carbonyl (C=O) groups is 3. The molecule has 1 aliphatic carbocycles. The van der Waals surface area contributed by atoms with Crippen LogP contribution in [0.5, 0.6) is 0 Å². The first kappa shape index (κ1) is 85.6. The van der Waals surface area contributed by atoms with Gasteiger partial charge in [-0.15, -0.1) is 22.7 Å². The number of benzene rings is 9. The Morgan fingerprint density at radius 2 is 0.768 bits per heavy atom. The van der Waals surface area contributed by atoms with Crippen LogP contribution in [0.2, 0.25) is 0 Å². The average Bonchev–Trinajstić information content (AvgIpc) is 0.846. The van der Waals surface area contributed by atoms with E-state index in [-0.39, 0.29) is 49.6 Å². The minimum atomic E-state index is -4.01. The second-order valence-electron chi connectivity index (χ2n) is 24.2. The third kappa shape index (κ3) is 27.6. The molecule has 0 unspecified atom stereocenters. The molecule has 0 atom stereocenters. The van der Waals surface area contributed by atoms with Crippen molar-refractivity contribution in [3.63, 3.8) is 0 Å². The highest BCUT2D eigenvalue weighted by Gasteiger charge is 2.25. The van der Waals surface area contributed by atoms with E-state index in [1.807, 2.05) is 155 Å². The minimum Gasteiger partial charge on any atom is -0.318 e. The number of hydrogen-bond donors (Lipinski definition) is 0. The van der Waals surface area contributed by atoms with Crippen LogP contribution in [0.25, 0.3) is 0 Å². The molecule has 11 aromatic rings. The summed E-state index contributed by atoms with van der Waals surface area (Å²) in [6.07, 6.45) is 5.37. The van der Waals surface area contributed by atoms with Gasteiger partial charge in [-0.3, -0.25) is 12.9 Å². The van der Waals surface area contributed by atoms with Crippen LogP contribution in [0.1, 0.15) is 118 Å². The third-order valence-electron chi connectivity index (χ3n) is 15.7. The lowest BCUT2D eigenvalue weighted by Crippen LogP contribution is -2.20. The molecule has 0 spiro atoms. The molecule has 2 heterocycles. The number of nitriles is 1. The first-order valence-electron chi connectivity index (χ1n) is 34.5. The summed E-state index contributed by atoms with van der Waals surface area (Å²) < 4.78 is 86.9. The molecule has 0 amide bonds. The predicted octanol–water partition coefficient (Wildman–Crippen LogP) is 18.8. The quantitative estimate of drug-likeness (QED) is 0.0326. The molecule has 2 aromatic heterocycles. The first-order valence-corrected chi connectivity index (χ1v) is 41.3. The molecule has 9 aromatic carbocycles. The van der Waals surface area contributed by atoms with Crippen LogP contribution >= 0.6 is 38.6 Å². The molecular weight excluding hydrogens is 1590 g/mol. The monoisotopic (exact) mass is 1660 g/mol. The number of oxime groups is 6. The summed E-state index contributed by atoms with van der Waals surface area (Å²) in [6, 6.07) is 83.9. The van der Waals surface area contributed by atoms with Gasteiger partial charge < -0.3 is 14.5 Å². The van der Waals surface area contributed by atoms with Gasteiger partial charge in [0.05, 0.1) is 23.1 Å². The largest absolute Gasteiger partial charge is 0.375 e. The van der Waals surface area contributed by atoms with E-state index >= 15 is 0 Å². The van der Waals surface area contributed by atoms with E-state index in [9.17, 15) is 39.6 Å². The van der Waals surface area contributed by atoms with E-state index in [1.54, 1.807) is 145 Å². The lowest BCUT2D eigenvalue weighted by molar-refractivity contribution is -0.149. The highest BCUT2D eigenvalue weighted by atomic mass is 79.9. The molecule has 0 N–H and O–H groups in total. The van der Waals surface area contributed by atoms with E-state index in [0.29, 0.717) is 37.9 Å².